The van der Waals surface area contributed by atoms with Crippen LogP contribution in [0.2, 0.25) is 0 Å². The molecule has 2 aliphatic rings. The van der Waals surface area contributed by atoms with Crippen molar-refractivity contribution in [1.29, 1.82) is 0 Å². The third kappa shape index (κ3) is 5.13. The van der Waals surface area contributed by atoms with Crippen LogP contribution in [0.5, 0.6) is 11.5 Å². The summed E-state index contributed by atoms with van der Waals surface area (Å²) in [5, 5.41) is 0. The third-order valence-electron chi connectivity index (χ3n) is 5.88. The van der Waals surface area contributed by atoms with E-state index in [1.54, 1.807) is 18.4 Å². The number of rotatable bonds is 7. The molecule has 1 heterocycles. The van der Waals surface area contributed by atoms with Crippen molar-refractivity contribution < 1.29 is 14.3 Å². The van der Waals surface area contributed by atoms with Gasteiger partial charge in [-0.1, -0.05) is 18.9 Å². The molecule has 29 heavy (non-hydrogen) atoms. The standard InChI is InChI=1S/C24H31NO3S/c1-17-9-14-23(29-17)24(26)25(19-11-12-19)16-18-10-13-21(27-2)22(15-18)28-20-7-5-3-4-6-8-20/h9-10,13-15,19-20H,3-8,11-12,16H2,1-2H3. The second-order valence-electron chi connectivity index (χ2n) is 8.29. The number of carbonyl (C=O) groups excluding carboxylic acids is 1. The Bertz CT molecular complexity index is 834. The number of thiophene rings is 1. The van der Waals surface area contributed by atoms with Crippen LogP contribution in [0.4, 0.5) is 0 Å². The molecule has 2 aromatic rings. The van der Waals surface area contributed by atoms with Gasteiger partial charge in [-0.05, 0) is 75.3 Å². The van der Waals surface area contributed by atoms with Crippen LogP contribution in [0.15, 0.2) is 30.3 Å². The smallest absolute Gasteiger partial charge is 0.264 e. The van der Waals surface area contributed by atoms with E-state index in [0.29, 0.717) is 12.6 Å². The van der Waals surface area contributed by atoms with Crippen LogP contribution in [-0.4, -0.2) is 30.1 Å². The molecule has 156 valence electrons. The van der Waals surface area contributed by atoms with Crippen molar-refractivity contribution in [2.45, 2.75) is 77.0 Å². The maximum absolute atomic E-state index is 13.1. The number of aryl methyl sites for hydroxylation is 1. The van der Waals surface area contributed by atoms with Gasteiger partial charge in [0.05, 0.1) is 18.1 Å². The van der Waals surface area contributed by atoms with Crippen LogP contribution in [0.1, 0.15) is 71.5 Å². The van der Waals surface area contributed by atoms with Crippen molar-refractivity contribution >= 4 is 17.2 Å². The minimum absolute atomic E-state index is 0.146. The summed E-state index contributed by atoms with van der Waals surface area (Å²) in [6.45, 7) is 2.66. The molecule has 0 atom stereocenters. The Kier molecular flexibility index (Phi) is 6.43. The molecule has 4 rings (SSSR count). The van der Waals surface area contributed by atoms with Gasteiger partial charge in [0, 0.05) is 17.5 Å². The Labute approximate surface area is 177 Å². The molecular formula is C24H31NO3S. The summed E-state index contributed by atoms with van der Waals surface area (Å²) in [6, 6.07) is 10.4. The highest BCUT2D eigenvalue weighted by Crippen LogP contribution is 2.35. The van der Waals surface area contributed by atoms with Gasteiger partial charge in [-0.2, -0.15) is 0 Å². The van der Waals surface area contributed by atoms with Crippen LogP contribution in [-0.2, 0) is 6.54 Å². The normalized spacial score (nSPS) is 17.6. The van der Waals surface area contributed by atoms with E-state index in [-0.39, 0.29) is 12.0 Å². The van der Waals surface area contributed by atoms with Gasteiger partial charge in [0.2, 0.25) is 0 Å². The first-order chi connectivity index (χ1) is 14.1. The average molecular weight is 414 g/mol. The molecule has 4 nitrogen and oxygen atoms in total. The molecule has 0 N–H and O–H groups in total. The Morgan fingerprint density at radius 2 is 1.79 bits per heavy atom. The Morgan fingerprint density at radius 1 is 1.03 bits per heavy atom. The highest BCUT2D eigenvalue weighted by Gasteiger charge is 2.33. The summed E-state index contributed by atoms with van der Waals surface area (Å²) < 4.78 is 11.9. The summed E-state index contributed by atoms with van der Waals surface area (Å²) >= 11 is 1.58. The van der Waals surface area contributed by atoms with E-state index in [9.17, 15) is 4.79 Å². The van der Waals surface area contributed by atoms with Gasteiger partial charge in [-0.3, -0.25) is 4.79 Å². The number of ether oxygens (including phenoxy) is 2. The van der Waals surface area contributed by atoms with E-state index in [1.165, 1.54) is 30.6 Å². The maximum atomic E-state index is 13.1. The highest BCUT2D eigenvalue weighted by atomic mass is 32.1. The fraction of sp³-hybridized carbons (Fsp3) is 0.542. The predicted molar refractivity (Wildman–Crippen MR) is 117 cm³/mol. The lowest BCUT2D eigenvalue weighted by Crippen LogP contribution is -2.32. The lowest BCUT2D eigenvalue weighted by molar-refractivity contribution is 0.0734. The van der Waals surface area contributed by atoms with Crippen LogP contribution in [0.25, 0.3) is 0 Å². The fourth-order valence-corrected chi connectivity index (χ4v) is 4.92. The van der Waals surface area contributed by atoms with Gasteiger partial charge >= 0.3 is 0 Å². The second-order valence-corrected chi connectivity index (χ2v) is 9.58. The lowest BCUT2D eigenvalue weighted by atomic mass is 10.1. The van der Waals surface area contributed by atoms with Gasteiger partial charge in [0.25, 0.3) is 5.91 Å². The largest absolute Gasteiger partial charge is 0.493 e. The zero-order valence-electron chi connectivity index (χ0n) is 17.5. The van der Waals surface area contributed by atoms with Crippen LogP contribution >= 0.6 is 11.3 Å². The first-order valence-electron chi connectivity index (χ1n) is 10.8. The van der Waals surface area contributed by atoms with E-state index < -0.39 is 0 Å². The molecule has 0 bridgehead atoms. The monoisotopic (exact) mass is 413 g/mol. The first-order valence-corrected chi connectivity index (χ1v) is 11.7. The van der Waals surface area contributed by atoms with Gasteiger partial charge in [0.15, 0.2) is 11.5 Å². The van der Waals surface area contributed by atoms with Crippen molar-refractivity contribution in [3.63, 3.8) is 0 Å². The summed E-state index contributed by atoms with van der Waals surface area (Å²) in [7, 11) is 1.69. The molecule has 1 aromatic heterocycles. The summed E-state index contributed by atoms with van der Waals surface area (Å²) in [5.41, 5.74) is 1.10. The second kappa shape index (κ2) is 9.21. The maximum Gasteiger partial charge on any atom is 0.264 e. The lowest BCUT2D eigenvalue weighted by Gasteiger charge is -2.24. The predicted octanol–water partition coefficient (Wildman–Crippen LogP) is 5.97. The molecular weight excluding hydrogens is 382 g/mol. The van der Waals surface area contributed by atoms with E-state index in [2.05, 4.69) is 12.1 Å². The number of nitrogens with zero attached hydrogens (tertiary/aromatic N) is 1. The quantitative estimate of drug-likeness (QED) is 0.525. The zero-order valence-corrected chi connectivity index (χ0v) is 18.3. The summed E-state index contributed by atoms with van der Waals surface area (Å²) in [4.78, 5) is 17.1. The molecule has 0 radical (unpaired) electrons. The number of benzene rings is 1. The molecule has 0 saturated heterocycles. The number of amides is 1. The molecule has 1 aromatic carbocycles. The number of hydrogen-bond acceptors (Lipinski definition) is 4. The molecule has 0 spiro atoms. The van der Waals surface area contributed by atoms with Crippen LogP contribution < -0.4 is 9.47 Å². The molecule has 0 aliphatic heterocycles. The Balaban J connectivity index is 1.51. The van der Waals surface area contributed by atoms with Crippen molar-refractivity contribution in [3.8, 4) is 11.5 Å². The molecule has 2 aliphatic carbocycles. The van der Waals surface area contributed by atoms with Crippen LogP contribution in [0.3, 0.4) is 0 Å². The van der Waals surface area contributed by atoms with Crippen molar-refractivity contribution in [2.24, 2.45) is 0 Å². The van der Waals surface area contributed by atoms with E-state index >= 15 is 0 Å². The molecule has 5 heteroatoms. The minimum Gasteiger partial charge on any atom is -0.493 e. The topological polar surface area (TPSA) is 38.8 Å². The third-order valence-corrected chi connectivity index (χ3v) is 6.87. The molecule has 2 saturated carbocycles. The van der Waals surface area contributed by atoms with Gasteiger partial charge in [-0.15, -0.1) is 11.3 Å². The summed E-state index contributed by atoms with van der Waals surface area (Å²) in [5.74, 6) is 1.73. The van der Waals surface area contributed by atoms with E-state index in [1.807, 2.05) is 30.0 Å². The van der Waals surface area contributed by atoms with E-state index in [4.69, 9.17) is 9.47 Å². The van der Waals surface area contributed by atoms with Crippen molar-refractivity contribution in [1.82, 2.24) is 4.90 Å². The molecule has 1 amide bonds. The number of methoxy groups -OCH3 is 1. The van der Waals surface area contributed by atoms with Crippen molar-refractivity contribution in [3.05, 3.63) is 45.6 Å². The van der Waals surface area contributed by atoms with E-state index in [0.717, 1.165) is 47.6 Å². The first kappa shape index (κ1) is 20.3. The number of hydrogen-bond donors (Lipinski definition) is 0. The Morgan fingerprint density at radius 3 is 2.41 bits per heavy atom. The zero-order chi connectivity index (χ0) is 20.2. The average Bonchev–Trinajstić information content (AvgIpc) is 3.51. The van der Waals surface area contributed by atoms with Gasteiger partial charge in [-0.25, -0.2) is 0 Å². The number of carbonyl (C=O) groups is 1. The SMILES string of the molecule is COc1ccc(CN(C(=O)c2ccc(C)s2)C2CC2)cc1OC1CCCCCC1. The van der Waals surface area contributed by atoms with Gasteiger partial charge < -0.3 is 14.4 Å². The van der Waals surface area contributed by atoms with Crippen molar-refractivity contribution in [2.75, 3.05) is 7.11 Å². The minimum atomic E-state index is 0.146. The van der Waals surface area contributed by atoms with Gasteiger partial charge in [0.1, 0.15) is 0 Å². The fourth-order valence-electron chi connectivity index (χ4n) is 4.09. The molecule has 0 unspecified atom stereocenters. The Hall–Kier alpha value is -2.01. The summed E-state index contributed by atoms with van der Waals surface area (Å²) in [6.07, 6.45) is 9.74. The highest BCUT2D eigenvalue weighted by molar-refractivity contribution is 7.13. The molecule has 2 fully saturated rings. The van der Waals surface area contributed by atoms with Crippen LogP contribution in [0, 0.1) is 6.92 Å².